The Labute approximate surface area is 146 Å². The van der Waals surface area contributed by atoms with Gasteiger partial charge in [-0.15, -0.1) is 0 Å². The number of carbonyl (C=O) groups excluding carboxylic acids is 1. The van der Waals surface area contributed by atoms with Crippen LogP contribution in [0.15, 0.2) is 12.1 Å². The van der Waals surface area contributed by atoms with Gasteiger partial charge in [-0.1, -0.05) is 32.9 Å². The minimum absolute atomic E-state index is 0.147. The minimum Gasteiger partial charge on any atom is -0.370 e. The molecule has 0 aliphatic carbocycles. The molecule has 1 aromatic carbocycles. The second kappa shape index (κ2) is 8.13. The number of amides is 1. The van der Waals surface area contributed by atoms with Gasteiger partial charge >= 0.3 is 0 Å². The molecule has 0 radical (unpaired) electrons. The van der Waals surface area contributed by atoms with Gasteiger partial charge in [-0.05, 0) is 47.9 Å². The van der Waals surface area contributed by atoms with E-state index in [2.05, 4.69) is 52.1 Å². The van der Waals surface area contributed by atoms with Crippen LogP contribution in [-0.4, -0.2) is 45.3 Å². The quantitative estimate of drug-likeness (QED) is 0.850. The highest BCUT2D eigenvalue weighted by molar-refractivity contribution is 5.76. The van der Waals surface area contributed by atoms with Crippen molar-refractivity contribution in [3.05, 3.63) is 34.4 Å². The van der Waals surface area contributed by atoms with E-state index in [1.807, 2.05) is 0 Å². The topological polar surface area (TPSA) is 42.8 Å². The first-order valence-corrected chi connectivity index (χ1v) is 9.06. The molecule has 134 valence electrons. The van der Waals surface area contributed by atoms with E-state index in [9.17, 15) is 4.79 Å². The van der Waals surface area contributed by atoms with Crippen LogP contribution in [0.4, 0.5) is 0 Å². The molecule has 0 aromatic heterocycles. The molecule has 1 amide bonds. The van der Waals surface area contributed by atoms with Crippen LogP contribution >= 0.6 is 0 Å². The number of hydrogen-bond acceptors (Lipinski definition) is 2. The molecule has 1 fully saturated rings. The first-order valence-electron chi connectivity index (χ1n) is 9.06. The fraction of sp³-hybridized carbons (Fsp3) is 0.650. The van der Waals surface area contributed by atoms with E-state index in [4.69, 9.17) is 4.74 Å². The fourth-order valence-electron chi connectivity index (χ4n) is 3.27. The zero-order chi connectivity index (χ0) is 17.7. The summed E-state index contributed by atoms with van der Waals surface area (Å²) in [5.41, 5.74) is 5.56. The lowest BCUT2D eigenvalue weighted by atomic mass is 9.83. The molecule has 2 rings (SSSR count). The van der Waals surface area contributed by atoms with Crippen LogP contribution in [0.5, 0.6) is 0 Å². The third-order valence-electron chi connectivity index (χ3n) is 4.87. The first-order chi connectivity index (χ1) is 11.3. The second-order valence-corrected chi connectivity index (χ2v) is 7.98. The van der Waals surface area contributed by atoms with Gasteiger partial charge in [0.2, 0.25) is 0 Å². The van der Waals surface area contributed by atoms with Crippen LogP contribution in [0.1, 0.15) is 43.0 Å². The Hall–Kier alpha value is -1.39. The number of quaternary nitrogens is 1. The molecule has 0 saturated carbocycles. The molecule has 1 saturated heterocycles. The maximum absolute atomic E-state index is 12.1. The summed E-state index contributed by atoms with van der Waals surface area (Å²) in [6, 6.07) is 4.59. The van der Waals surface area contributed by atoms with Crippen molar-refractivity contribution in [3.8, 4) is 0 Å². The molecule has 2 N–H and O–H groups in total. The van der Waals surface area contributed by atoms with Crippen LogP contribution in [0.3, 0.4) is 0 Å². The zero-order valence-electron chi connectivity index (χ0n) is 15.9. The van der Waals surface area contributed by atoms with Crippen molar-refractivity contribution in [2.24, 2.45) is 0 Å². The van der Waals surface area contributed by atoms with Crippen molar-refractivity contribution in [2.45, 2.75) is 46.5 Å². The number of aryl methyl sites for hydroxylation is 2. The number of benzene rings is 1. The molecule has 0 unspecified atom stereocenters. The van der Waals surface area contributed by atoms with Gasteiger partial charge in [0.15, 0.2) is 6.54 Å². The lowest BCUT2D eigenvalue weighted by Crippen LogP contribution is -3.15. The van der Waals surface area contributed by atoms with Crippen molar-refractivity contribution >= 4 is 5.91 Å². The molecule has 24 heavy (non-hydrogen) atoms. The summed E-state index contributed by atoms with van der Waals surface area (Å²) >= 11 is 0. The predicted molar refractivity (Wildman–Crippen MR) is 97.7 cm³/mol. The van der Waals surface area contributed by atoms with Gasteiger partial charge in [-0.2, -0.15) is 0 Å². The van der Waals surface area contributed by atoms with E-state index in [0.717, 1.165) is 32.7 Å². The summed E-state index contributed by atoms with van der Waals surface area (Å²) in [6.07, 6.45) is 0.895. The second-order valence-electron chi connectivity index (χ2n) is 7.98. The molecular formula is C20H33N2O2+. The van der Waals surface area contributed by atoms with Crippen LogP contribution in [0.25, 0.3) is 0 Å². The Bertz CT molecular complexity index is 546. The molecule has 1 heterocycles. The minimum atomic E-state index is 0.147. The number of ether oxygens (including phenoxy) is 1. The van der Waals surface area contributed by atoms with E-state index in [-0.39, 0.29) is 11.3 Å². The molecule has 4 heteroatoms. The van der Waals surface area contributed by atoms with Gasteiger partial charge in [-0.3, -0.25) is 4.79 Å². The van der Waals surface area contributed by atoms with Gasteiger partial charge in [-0.25, -0.2) is 0 Å². The predicted octanol–water partition coefficient (Wildman–Crippen LogP) is 1.17. The van der Waals surface area contributed by atoms with E-state index in [0.29, 0.717) is 13.1 Å². The molecule has 1 aliphatic rings. The Morgan fingerprint density at radius 1 is 1.17 bits per heavy atom. The summed E-state index contributed by atoms with van der Waals surface area (Å²) in [7, 11) is 0. The number of nitrogens with one attached hydrogen (secondary N) is 2. The van der Waals surface area contributed by atoms with Gasteiger partial charge in [0, 0.05) is 6.54 Å². The first kappa shape index (κ1) is 18.9. The van der Waals surface area contributed by atoms with Crippen molar-refractivity contribution in [1.82, 2.24) is 5.32 Å². The molecule has 1 aliphatic heterocycles. The summed E-state index contributed by atoms with van der Waals surface area (Å²) in [6.45, 7) is 15.7. The van der Waals surface area contributed by atoms with Crippen molar-refractivity contribution in [1.29, 1.82) is 0 Å². The highest BCUT2D eigenvalue weighted by atomic mass is 16.5. The summed E-state index contributed by atoms with van der Waals surface area (Å²) in [4.78, 5) is 13.4. The van der Waals surface area contributed by atoms with Crippen LogP contribution < -0.4 is 10.2 Å². The standard InChI is InChI=1S/C20H32N2O2/c1-15-12-17(20(3,4)5)13-16(2)18(15)6-7-21-19(23)14-22-8-10-24-11-9-22/h12-13H,6-11,14H2,1-5H3,(H,21,23)/p+1. The molecule has 0 bridgehead atoms. The van der Waals surface area contributed by atoms with Crippen molar-refractivity contribution < 1.29 is 14.4 Å². The van der Waals surface area contributed by atoms with Crippen LogP contribution in [0, 0.1) is 13.8 Å². The third-order valence-corrected chi connectivity index (χ3v) is 4.87. The van der Waals surface area contributed by atoms with Crippen LogP contribution in [-0.2, 0) is 21.4 Å². The normalized spacial score (nSPS) is 16.2. The number of rotatable bonds is 5. The van der Waals surface area contributed by atoms with E-state index in [1.54, 1.807) is 0 Å². The maximum atomic E-state index is 12.1. The SMILES string of the molecule is Cc1cc(C(C)(C)C)cc(C)c1CCNC(=O)C[NH+]1CCOCC1. The van der Waals surface area contributed by atoms with E-state index in [1.165, 1.54) is 27.2 Å². The Morgan fingerprint density at radius 3 is 2.29 bits per heavy atom. The van der Waals surface area contributed by atoms with Gasteiger partial charge in [0.1, 0.15) is 13.1 Å². The number of carbonyl (C=O) groups is 1. The van der Waals surface area contributed by atoms with Gasteiger partial charge < -0.3 is 15.0 Å². The summed E-state index contributed by atoms with van der Waals surface area (Å²) < 4.78 is 5.33. The highest BCUT2D eigenvalue weighted by Crippen LogP contribution is 2.26. The molecule has 0 spiro atoms. The Kier molecular flexibility index (Phi) is 6.41. The highest BCUT2D eigenvalue weighted by Gasteiger charge is 2.18. The van der Waals surface area contributed by atoms with E-state index < -0.39 is 0 Å². The van der Waals surface area contributed by atoms with Crippen molar-refractivity contribution in [3.63, 3.8) is 0 Å². The van der Waals surface area contributed by atoms with E-state index >= 15 is 0 Å². The lowest BCUT2D eigenvalue weighted by molar-refractivity contribution is -0.900. The average molecular weight is 333 g/mol. The molecule has 1 aromatic rings. The maximum Gasteiger partial charge on any atom is 0.275 e. The number of morpholine rings is 1. The van der Waals surface area contributed by atoms with Crippen molar-refractivity contribution in [2.75, 3.05) is 39.4 Å². The third kappa shape index (κ3) is 5.32. The smallest absolute Gasteiger partial charge is 0.275 e. The zero-order valence-corrected chi connectivity index (χ0v) is 15.9. The summed E-state index contributed by atoms with van der Waals surface area (Å²) in [5.74, 6) is 0.147. The Balaban J connectivity index is 1.86. The molecule has 0 atom stereocenters. The largest absolute Gasteiger partial charge is 0.370 e. The average Bonchev–Trinajstić information content (AvgIpc) is 2.50. The van der Waals surface area contributed by atoms with Gasteiger partial charge in [0.25, 0.3) is 5.91 Å². The number of hydrogen-bond donors (Lipinski definition) is 2. The van der Waals surface area contributed by atoms with Crippen LogP contribution in [0.2, 0.25) is 0 Å². The fourth-order valence-corrected chi connectivity index (χ4v) is 3.27. The molecular weight excluding hydrogens is 300 g/mol. The monoisotopic (exact) mass is 333 g/mol. The Morgan fingerprint density at radius 2 is 1.75 bits per heavy atom. The molecule has 4 nitrogen and oxygen atoms in total. The summed E-state index contributed by atoms with van der Waals surface area (Å²) in [5, 5.41) is 3.08. The lowest BCUT2D eigenvalue weighted by Gasteiger charge is -2.23. The van der Waals surface area contributed by atoms with Gasteiger partial charge in [0.05, 0.1) is 13.2 Å².